The van der Waals surface area contributed by atoms with Gasteiger partial charge in [-0.2, -0.15) is 0 Å². The van der Waals surface area contributed by atoms with E-state index in [4.69, 9.17) is 9.47 Å². The van der Waals surface area contributed by atoms with E-state index in [9.17, 15) is 0 Å². The molecule has 0 heterocycles. The molecule has 0 saturated carbocycles. The van der Waals surface area contributed by atoms with Crippen LogP contribution in [0, 0.1) is 6.61 Å². The van der Waals surface area contributed by atoms with Crippen molar-refractivity contribution in [1.29, 1.82) is 0 Å². The Morgan fingerprint density at radius 3 is 2.33 bits per heavy atom. The number of hydrogen-bond acceptors (Lipinski definition) is 2. The summed E-state index contributed by atoms with van der Waals surface area (Å²) in [4.78, 5) is 0. The lowest BCUT2D eigenvalue weighted by Gasteiger charge is -1.92. The molecule has 0 aromatic rings. The van der Waals surface area contributed by atoms with Crippen LogP contribution in [0.2, 0.25) is 0 Å². The molecule has 0 aromatic carbocycles. The fourth-order valence-electron chi connectivity index (χ4n) is 0.336. The van der Waals surface area contributed by atoms with Crippen molar-refractivity contribution in [1.82, 2.24) is 0 Å². The first-order valence-electron chi connectivity index (χ1n) is 3.13. The Labute approximate surface area is 56.5 Å². The van der Waals surface area contributed by atoms with Gasteiger partial charge in [-0.05, 0) is 19.9 Å². The van der Waals surface area contributed by atoms with Crippen molar-refractivity contribution in [3.05, 3.63) is 18.9 Å². The van der Waals surface area contributed by atoms with Gasteiger partial charge in [-0.25, -0.2) is 0 Å². The van der Waals surface area contributed by atoms with E-state index in [1.54, 1.807) is 18.9 Å². The van der Waals surface area contributed by atoms with Crippen molar-refractivity contribution in [2.75, 3.05) is 13.2 Å². The molecule has 0 saturated heterocycles. The largest absolute Gasteiger partial charge is 0.502 e. The molecule has 0 aliphatic rings. The zero-order valence-corrected chi connectivity index (χ0v) is 5.96. The molecule has 0 bridgehead atoms. The molecule has 0 atom stereocenters. The van der Waals surface area contributed by atoms with E-state index < -0.39 is 0 Å². The van der Waals surface area contributed by atoms with E-state index in [1.165, 1.54) is 0 Å². The lowest BCUT2D eigenvalue weighted by Crippen LogP contribution is -1.82. The molecule has 0 fully saturated rings. The Kier molecular flexibility index (Phi) is 7.08. The molecular weight excluding hydrogens is 116 g/mol. The molecule has 0 spiro atoms. The molecule has 0 N–H and O–H groups in total. The van der Waals surface area contributed by atoms with Gasteiger partial charge in [0.25, 0.3) is 0 Å². The summed E-state index contributed by atoms with van der Waals surface area (Å²) in [6.45, 7) is 6.89. The third-order valence-corrected chi connectivity index (χ3v) is 0.683. The third-order valence-electron chi connectivity index (χ3n) is 0.683. The summed E-state index contributed by atoms with van der Waals surface area (Å²) in [7, 11) is 0. The summed E-state index contributed by atoms with van der Waals surface area (Å²) in [6, 6.07) is 0. The maximum atomic E-state index is 4.89. The van der Waals surface area contributed by atoms with E-state index in [0.717, 1.165) is 0 Å². The molecule has 0 aromatic heterocycles. The van der Waals surface area contributed by atoms with Crippen LogP contribution in [-0.2, 0) is 9.47 Å². The van der Waals surface area contributed by atoms with Gasteiger partial charge in [0.05, 0.1) is 12.9 Å². The van der Waals surface area contributed by atoms with Gasteiger partial charge in [-0.15, -0.1) is 0 Å². The van der Waals surface area contributed by atoms with Gasteiger partial charge in [0.2, 0.25) is 0 Å². The van der Waals surface area contributed by atoms with E-state index in [2.05, 4.69) is 0 Å². The van der Waals surface area contributed by atoms with Gasteiger partial charge in [0, 0.05) is 6.61 Å². The van der Waals surface area contributed by atoms with Crippen LogP contribution in [0.25, 0.3) is 0 Å². The summed E-state index contributed by atoms with van der Waals surface area (Å²) in [5.41, 5.74) is 0. The van der Waals surface area contributed by atoms with E-state index >= 15 is 0 Å². The average Bonchev–Trinajstić information content (AvgIpc) is 1.89. The van der Waals surface area contributed by atoms with Gasteiger partial charge >= 0.3 is 0 Å². The second-order valence-electron chi connectivity index (χ2n) is 1.38. The van der Waals surface area contributed by atoms with E-state index in [0.29, 0.717) is 13.2 Å². The van der Waals surface area contributed by atoms with Crippen molar-refractivity contribution < 1.29 is 9.47 Å². The minimum Gasteiger partial charge on any atom is -0.502 e. The van der Waals surface area contributed by atoms with Gasteiger partial charge in [-0.3, -0.25) is 0 Å². The van der Waals surface area contributed by atoms with Gasteiger partial charge < -0.3 is 9.47 Å². The molecule has 53 valence electrons. The van der Waals surface area contributed by atoms with Crippen LogP contribution in [0.1, 0.15) is 13.8 Å². The third kappa shape index (κ3) is 7.50. The summed E-state index contributed by atoms with van der Waals surface area (Å²) in [5, 5.41) is 0. The maximum absolute atomic E-state index is 4.89. The highest BCUT2D eigenvalue weighted by molar-refractivity contribution is 4.82. The van der Waals surface area contributed by atoms with Crippen LogP contribution in [0.3, 0.4) is 0 Å². The van der Waals surface area contributed by atoms with Crippen molar-refractivity contribution in [3.63, 3.8) is 0 Å². The monoisotopic (exact) mass is 129 g/mol. The minimum atomic E-state index is 0.705. The molecule has 0 aliphatic heterocycles. The summed E-state index contributed by atoms with van der Waals surface area (Å²) in [5.74, 6) is 0. The lowest BCUT2D eigenvalue weighted by atomic mass is 10.6. The molecule has 0 aliphatic carbocycles. The van der Waals surface area contributed by atoms with Crippen molar-refractivity contribution in [3.8, 4) is 0 Å². The molecule has 0 rings (SSSR count). The predicted molar refractivity (Wildman–Crippen MR) is 36.7 cm³/mol. The normalized spacial score (nSPS) is 10.4. The number of rotatable bonds is 5. The van der Waals surface area contributed by atoms with Gasteiger partial charge in [-0.1, -0.05) is 0 Å². The first-order valence-corrected chi connectivity index (χ1v) is 3.13. The Hall–Kier alpha value is -0.500. The molecular formula is C7H13O2. The quantitative estimate of drug-likeness (QED) is 0.416. The maximum Gasteiger partial charge on any atom is 0.109 e. The van der Waals surface area contributed by atoms with Crippen LogP contribution in [0.15, 0.2) is 12.3 Å². The van der Waals surface area contributed by atoms with Crippen LogP contribution >= 0.6 is 0 Å². The zero-order valence-electron chi connectivity index (χ0n) is 5.96. The van der Waals surface area contributed by atoms with E-state index in [1.807, 2.05) is 13.8 Å². The zero-order chi connectivity index (χ0) is 6.95. The van der Waals surface area contributed by atoms with Gasteiger partial charge in [0.15, 0.2) is 0 Å². The van der Waals surface area contributed by atoms with Crippen molar-refractivity contribution in [2.45, 2.75) is 13.8 Å². The predicted octanol–water partition coefficient (Wildman–Crippen LogP) is 1.73. The summed E-state index contributed by atoms with van der Waals surface area (Å²) < 4.78 is 9.78. The first kappa shape index (κ1) is 8.50. The molecule has 0 unspecified atom stereocenters. The second kappa shape index (κ2) is 7.50. The number of hydrogen-bond donors (Lipinski definition) is 0. The molecule has 9 heavy (non-hydrogen) atoms. The topological polar surface area (TPSA) is 18.5 Å². The standard InChI is InChI=1S/C7H13O2/c1-3-8-6-5-7-9-4-2/h5-7H,3-4H2,1-2H3/b6-5+. The van der Waals surface area contributed by atoms with Crippen molar-refractivity contribution >= 4 is 0 Å². The highest BCUT2D eigenvalue weighted by Gasteiger charge is 1.75. The smallest absolute Gasteiger partial charge is 0.109 e. The van der Waals surface area contributed by atoms with Crippen LogP contribution in [0.5, 0.6) is 0 Å². The fraction of sp³-hybridized carbons (Fsp3) is 0.571. The molecule has 2 nitrogen and oxygen atoms in total. The Morgan fingerprint density at radius 2 is 1.78 bits per heavy atom. The molecule has 2 heteroatoms. The molecule has 1 radical (unpaired) electrons. The summed E-state index contributed by atoms with van der Waals surface area (Å²) >= 11 is 0. The minimum absolute atomic E-state index is 0.705. The Balaban J connectivity index is 2.86. The SMILES string of the molecule is CCO[CH]/C=C/OCC. The highest BCUT2D eigenvalue weighted by atomic mass is 16.5. The average molecular weight is 129 g/mol. The molecule has 0 amide bonds. The van der Waals surface area contributed by atoms with Crippen molar-refractivity contribution in [2.24, 2.45) is 0 Å². The Bertz CT molecular complexity index is 69.3. The first-order chi connectivity index (χ1) is 4.41. The van der Waals surface area contributed by atoms with Crippen LogP contribution < -0.4 is 0 Å². The second-order valence-corrected chi connectivity index (χ2v) is 1.38. The Morgan fingerprint density at radius 1 is 1.11 bits per heavy atom. The van der Waals surface area contributed by atoms with Crippen LogP contribution in [0.4, 0.5) is 0 Å². The summed E-state index contributed by atoms with van der Waals surface area (Å²) in [6.07, 6.45) is 3.34. The van der Waals surface area contributed by atoms with E-state index in [-0.39, 0.29) is 0 Å². The fourth-order valence-corrected chi connectivity index (χ4v) is 0.336. The highest BCUT2D eigenvalue weighted by Crippen LogP contribution is 1.84. The lowest BCUT2D eigenvalue weighted by molar-refractivity contribution is 0.226. The van der Waals surface area contributed by atoms with Gasteiger partial charge in [0.1, 0.15) is 6.61 Å². The number of ether oxygens (including phenoxy) is 2. The van der Waals surface area contributed by atoms with Crippen LogP contribution in [-0.4, -0.2) is 13.2 Å².